The predicted octanol–water partition coefficient (Wildman–Crippen LogP) is 3.47. The average Bonchev–Trinajstić information content (AvgIpc) is 2.86. The maximum absolute atomic E-state index is 11.8. The van der Waals surface area contributed by atoms with E-state index < -0.39 is 0 Å². The number of nitrogens with one attached hydrogen (secondary N) is 1. The van der Waals surface area contributed by atoms with E-state index >= 15 is 0 Å². The molecule has 2 aromatic rings. The van der Waals surface area contributed by atoms with Gasteiger partial charge in [-0.15, -0.1) is 0 Å². The smallest absolute Gasteiger partial charge is 0.202 e. The number of carbonyl (C=O) groups is 1. The molecule has 0 aliphatic carbocycles. The van der Waals surface area contributed by atoms with Crippen LogP contribution in [0, 0.1) is 0 Å². The summed E-state index contributed by atoms with van der Waals surface area (Å²) < 4.78 is 0. The van der Waals surface area contributed by atoms with E-state index in [4.69, 9.17) is 0 Å². The van der Waals surface area contributed by atoms with Crippen molar-refractivity contribution in [2.75, 3.05) is 0 Å². The van der Waals surface area contributed by atoms with Gasteiger partial charge in [-0.3, -0.25) is 4.79 Å². The van der Waals surface area contributed by atoms with E-state index in [0.29, 0.717) is 5.69 Å². The van der Waals surface area contributed by atoms with Crippen molar-refractivity contribution < 1.29 is 4.79 Å². The first-order valence-corrected chi connectivity index (χ1v) is 5.75. The summed E-state index contributed by atoms with van der Waals surface area (Å²) in [5.41, 5.74) is 2.76. The Bertz CT molecular complexity index is 523. The van der Waals surface area contributed by atoms with Crippen LogP contribution in [0.15, 0.2) is 48.5 Å². The van der Waals surface area contributed by atoms with Crippen LogP contribution >= 0.6 is 0 Å². The zero-order chi connectivity index (χ0) is 12.1. The summed E-state index contributed by atoms with van der Waals surface area (Å²) in [5.74, 6) is 0.00792. The Morgan fingerprint density at radius 2 is 1.94 bits per heavy atom. The average molecular weight is 225 g/mol. The first-order chi connectivity index (χ1) is 8.29. The third-order valence-corrected chi connectivity index (χ3v) is 2.62. The van der Waals surface area contributed by atoms with Gasteiger partial charge in [-0.05, 0) is 30.2 Å². The highest BCUT2D eigenvalue weighted by atomic mass is 16.1. The van der Waals surface area contributed by atoms with Gasteiger partial charge in [0.15, 0.2) is 0 Å². The Kier molecular flexibility index (Phi) is 3.55. The molecule has 2 nitrogen and oxygen atoms in total. The highest BCUT2D eigenvalue weighted by molar-refractivity contribution is 6.05. The van der Waals surface area contributed by atoms with Gasteiger partial charge in [0, 0.05) is 5.69 Å². The lowest BCUT2D eigenvalue weighted by molar-refractivity contribution is 0.104. The molecule has 86 valence electrons. The van der Waals surface area contributed by atoms with Crippen molar-refractivity contribution in [3.63, 3.8) is 0 Å². The first kappa shape index (κ1) is 11.4. The Labute approximate surface area is 101 Å². The summed E-state index contributed by atoms with van der Waals surface area (Å²) in [6.07, 6.45) is 4.34. The molecule has 0 radical (unpaired) electrons. The van der Waals surface area contributed by atoms with Crippen LogP contribution in [0.25, 0.3) is 6.08 Å². The lowest BCUT2D eigenvalue weighted by Crippen LogP contribution is -1.94. The van der Waals surface area contributed by atoms with Gasteiger partial charge < -0.3 is 4.98 Å². The van der Waals surface area contributed by atoms with Crippen molar-refractivity contribution in [3.8, 4) is 0 Å². The lowest BCUT2D eigenvalue weighted by Gasteiger charge is -1.92. The molecule has 0 saturated heterocycles. The number of aromatic amines is 1. The van der Waals surface area contributed by atoms with E-state index in [-0.39, 0.29) is 5.78 Å². The molecule has 0 atom stereocenters. The van der Waals surface area contributed by atoms with E-state index in [1.807, 2.05) is 48.5 Å². The van der Waals surface area contributed by atoms with Crippen LogP contribution in [-0.4, -0.2) is 10.8 Å². The lowest BCUT2D eigenvalue weighted by atomic mass is 10.2. The Balaban J connectivity index is 2.09. The molecule has 0 unspecified atom stereocenters. The molecule has 0 aliphatic heterocycles. The van der Waals surface area contributed by atoms with E-state index in [9.17, 15) is 4.79 Å². The number of aromatic nitrogens is 1. The van der Waals surface area contributed by atoms with Crippen LogP contribution in [0.3, 0.4) is 0 Å². The molecule has 2 rings (SSSR count). The largest absolute Gasteiger partial charge is 0.356 e. The molecular weight excluding hydrogens is 210 g/mol. The van der Waals surface area contributed by atoms with Gasteiger partial charge in [0.05, 0.1) is 5.69 Å². The maximum Gasteiger partial charge on any atom is 0.202 e. The van der Waals surface area contributed by atoms with E-state index in [0.717, 1.165) is 17.7 Å². The van der Waals surface area contributed by atoms with Crippen molar-refractivity contribution in [1.82, 2.24) is 4.98 Å². The number of aryl methyl sites for hydroxylation is 1. The van der Waals surface area contributed by atoms with Gasteiger partial charge in [-0.25, -0.2) is 0 Å². The highest BCUT2D eigenvalue weighted by Crippen LogP contribution is 2.06. The van der Waals surface area contributed by atoms with Crippen molar-refractivity contribution in [3.05, 3.63) is 65.5 Å². The van der Waals surface area contributed by atoms with Crippen molar-refractivity contribution in [2.45, 2.75) is 13.3 Å². The molecule has 0 bridgehead atoms. The van der Waals surface area contributed by atoms with E-state index in [1.54, 1.807) is 6.08 Å². The molecule has 1 aromatic heterocycles. The second kappa shape index (κ2) is 5.30. The quantitative estimate of drug-likeness (QED) is 0.627. The van der Waals surface area contributed by atoms with Crippen LogP contribution in [-0.2, 0) is 6.42 Å². The van der Waals surface area contributed by atoms with Gasteiger partial charge in [0.2, 0.25) is 5.78 Å². The number of rotatable bonds is 4. The van der Waals surface area contributed by atoms with Crippen LogP contribution in [0.4, 0.5) is 0 Å². The number of carbonyl (C=O) groups excluding carboxylic acids is 1. The van der Waals surface area contributed by atoms with Gasteiger partial charge in [0.25, 0.3) is 0 Å². The molecule has 0 amide bonds. The minimum absolute atomic E-state index is 0.00792. The molecule has 2 heteroatoms. The van der Waals surface area contributed by atoms with Crippen molar-refractivity contribution in [2.24, 2.45) is 0 Å². The van der Waals surface area contributed by atoms with Crippen LogP contribution < -0.4 is 0 Å². The zero-order valence-corrected chi connectivity index (χ0v) is 9.81. The third kappa shape index (κ3) is 2.94. The molecule has 0 aliphatic rings. The summed E-state index contributed by atoms with van der Waals surface area (Å²) in [4.78, 5) is 14.9. The standard InChI is InChI=1S/C15H15NO/c1-2-13-9-10-14(16-13)15(17)11-8-12-6-4-3-5-7-12/h3-11,16H,2H2,1H3/b11-8+. The number of hydrogen-bond donors (Lipinski definition) is 1. The molecule has 1 heterocycles. The van der Waals surface area contributed by atoms with Crippen LogP contribution in [0.1, 0.15) is 28.7 Å². The fourth-order valence-electron chi connectivity index (χ4n) is 1.62. The minimum Gasteiger partial charge on any atom is -0.356 e. The van der Waals surface area contributed by atoms with Gasteiger partial charge in [-0.1, -0.05) is 43.3 Å². The summed E-state index contributed by atoms with van der Waals surface area (Å²) in [7, 11) is 0. The number of benzene rings is 1. The number of H-pyrrole nitrogens is 1. The molecule has 0 fully saturated rings. The van der Waals surface area contributed by atoms with Crippen molar-refractivity contribution >= 4 is 11.9 Å². The predicted molar refractivity (Wildman–Crippen MR) is 70.0 cm³/mol. The second-order valence-corrected chi connectivity index (χ2v) is 3.86. The number of allylic oxidation sites excluding steroid dienone is 1. The Morgan fingerprint density at radius 3 is 2.59 bits per heavy atom. The summed E-state index contributed by atoms with van der Waals surface area (Å²) in [6.45, 7) is 2.06. The SMILES string of the molecule is CCc1ccc(C(=O)/C=C/c2ccccc2)[nH]1. The molecular formula is C15H15NO. The van der Waals surface area contributed by atoms with Gasteiger partial charge in [0.1, 0.15) is 0 Å². The molecule has 0 saturated carbocycles. The summed E-state index contributed by atoms with van der Waals surface area (Å²) in [6, 6.07) is 13.6. The molecule has 17 heavy (non-hydrogen) atoms. The normalized spacial score (nSPS) is 10.9. The third-order valence-electron chi connectivity index (χ3n) is 2.62. The number of hydrogen-bond acceptors (Lipinski definition) is 1. The maximum atomic E-state index is 11.8. The topological polar surface area (TPSA) is 32.9 Å². The van der Waals surface area contributed by atoms with Crippen LogP contribution in [0.5, 0.6) is 0 Å². The monoisotopic (exact) mass is 225 g/mol. The fraction of sp³-hybridized carbons (Fsp3) is 0.133. The zero-order valence-electron chi connectivity index (χ0n) is 9.81. The van der Waals surface area contributed by atoms with E-state index in [1.165, 1.54) is 0 Å². The van der Waals surface area contributed by atoms with Crippen LogP contribution in [0.2, 0.25) is 0 Å². The minimum atomic E-state index is 0.00792. The summed E-state index contributed by atoms with van der Waals surface area (Å²) >= 11 is 0. The van der Waals surface area contributed by atoms with Gasteiger partial charge in [-0.2, -0.15) is 0 Å². The van der Waals surface area contributed by atoms with Crippen molar-refractivity contribution in [1.29, 1.82) is 0 Å². The van der Waals surface area contributed by atoms with Gasteiger partial charge >= 0.3 is 0 Å². The molecule has 0 spiro atoms. The Morgan fingerprint density at radius 1 is 1.18 bits per heavy atom. The highest BCUT2D eigenvalue weighted by Gasteiger charge is 2.03. The Hall–Kier alpha value is -2.09. The summed E-state index contributed by atoms with van der Waals surface area (Å²) in [5, 5.41) is 0. The second-order valence-electron chi connectivity index (χ2n) is 3.86. The fourth-order valence-corrected chi connectivity index (χ4v) is 1.62. The molecule has 1 N–H and O–H groups in total. The first-order valence-electron chi connectivity index (χ1n) is 5.75. The van der Waals surface area contributed by atoms with E-state index in [2.05, 4.69) is 11.9 Å². The number of ketones is 1. The molecule has 1 aromatic carbocycles.